The zero-order valence-corrected chi connectivity index (χ0v) is 13.1. The van der Waals surface area contributed by atoms with Gasteiger partial charge in [-0.15, -0.1) is 0 Å². The lowest BCUT2D eigenvalue weighted by molar-refractivity contribution is 0.102. The van der Waals surface area contributed by atoms with Crippen molar-refractivity contribution < 1.29 is 4.79 Å². The van der Waals surface area contributed by atoms with Gasteiger partial charge in [0.25, 0.3) is 5.91 Å². The third kappa shape index (κ3) is 3.45. The first-order valence-electron chi connectivity index (χ1n) is 6.63. The third-order valence-electron chi connectivity index (χ3n) is 3.32. The fraction of sp³-hybridized carbons (Fsp3) is 0.250. The number of pyridine rings is 1. The molecule has 0 fully saturated rings. The first-order valence-corrected chi connectivity index (χ1v) is 7.43. The largest absolute Gasteiger partial charge is 0.321 e. The molecule has 1 amide bonds. The van der Waals surface area contributed by atoms with Crippen molar-refractivity contribution in [3.8, 4) is 0 Å². The van der Waals surface area contributed by atoms with Crippen LogP contribution in [0.5, 0.6) is 0 Å². The second-order valence-corrected chi connectivity index (χ2v) is 5.57. The molecule has 1 aromatic carbocycles. The topological polar surface area (TPSA) is 42.0 Å². The van der Waals surface area contributed by atoms with Gasteiger partial charge in [-0.2, -0.15) is 0 Å². The lowest BCUT2D eigenvalue weighted by Gasteiger charge is -2.10. The summed E-state index contributed by atoms with van der Waals surface area (Å²) in [7, 11) is 0. The summed E-state index contributed by atoms with van der Waals surface area (Å²) in [4.78, 5) is 16.2. The first kappa shape index (κ1) is 14.7. The van der Waals surface area contributed by atoms with Gasteiger partial charge in [-0.05, 0) is 58.1 Å². The Kier molecular flexibility index (Phi) is 4.90. The number of benzene rings is 1. The summed E-state index contributed by atoms with van der Waals surface area (Å²) in [6.07, 6.45) is 2.71. The van der Waals surface area contributed by atoms with Crippen molar-refractivity contribution in [2.24, 2.45) is 0 Å². The molecule has 0 aliphatic rings. The molecular weight excluding hydrogens is 316 g/mol. The van der Waals surface area contributed by atoms with Gasteiger partial charge in [0.05, 0.1) is 0 Å². The van der Waals surface area contributed by atoms with Crippen molar-refractivity contribution in [2.75, 3.05) is 5.32 Å². The van der Waals surface area contributed by atoms with Crippen LogP contribution in [0.1, 0.15) is 42.2 Å². The minimum Gasteiger partial charge on any atom is -0.321 e. The van der Waals surface area contributed by atoms with Crippen LogP contribution in [0.2, 0.25) is 0 Å². The van der Waals surface area contributed by atoms with E-state index in [-0.39, 0.29) is 5.91 Å². The van der Waals surface area contributed by atoms with Gasteiger partial charge in [0.2, 0.25) is 0 Å². The molecular formula is C16H17BrN2O. The van der Waals surface area contributed by atoms with Crippen LogP contribution in [-0.4, -0.2) is 10.9 Å². The summed E-state index contributed by atoms with van der Waals surface area (Å²) in [5.74, 6) is 0.318. The van der Waals surface area contributed by atoms with E-state index in [0.29, 0.717) is 16.1 Å². The number of anilines is 1. The molecule has 0 radical (unpaired) electrons. The Morgan fingerprint density at radius 3 is 2.60 bits per heavy atom. The summed E-state index contributed by atoms with van der Waals surface area (Å²) >= 11 is 3.33. The van der Waals surface area contributed by atoms with Crippen molar-refractivity contribution in [2.45, 2.75) is 26.2 Å². The number of nitrogens with zero attached hydrogens (tertiary/aromatic N) is 1. The summed E-state index contributed by atoms with van der Waals surface area (Å²) < 4.78 is 0.689. The van der Waals surface area contributed by atoms with Crippen LogP contribution >= 0.6 is 15.9 Å². The minimum atomic E-state index is -0.214. The van der Waals surface area contributed by atoms with Crippen LogP contribution in [0.15, 0.2) is 47.1 Å². The molecule has 1 aromatic heterocycles. The number of halogens is 1. The number of carbonyl (C=O) groups is 1. The van der Waals surface area contributed by atoms with Gasteiger partial charge in [0.15, 0.2) is 0 Å². The molecule has 1 atom stereocenters. The quantitative estimate of drug-likeness (QED) is 0.888. The van der Waals surface area contributed by atoms with Gasteiger partial charge in [-0.1, -0.05) is 26.0 Å². The fourth-order valence-corrected chi connectivity index (χ4v) is 2.31. The van der Waals surface area contributed by atoms with Crippen molar-refractivity contribution in [1.29, 1.82) is 0 Å². The highest BCUT2D eigenvalue weighted by Crippen LogP contribution is 2.21. The van der Waals surface area contributed by atoms with E-state index in [2.05, 4.69) is 52.2 Å². The van der Waals surface area contributed by atoms with E-state index in [1.54, 1.807) is 18.3 Å². The zero-order valence-electron chi connectivity index (χ0n) is 11.6. The van der Waals surface area contributed by atoms with E-state index in [1.807, 2.05) is 12.1 Å². The molecule has 2 rings (SSSR count). The molecule has 0 aliphatic carbocycles. The number of hydrogen-bond donors (Lipinski definition) is 1. The predicted molar refractivity (Wildman–Crippen MR) is 85.0 cm³/mol. The molecule has 1 unspecified atom stereocenters. The Morgan fingerprint density at radius 2 is 2.00 bits per heavy atom. The van der Waals surface area contributed by atoms with E-state index in [0.717, 1.165) is 12.1 Å². The van der Waals surface area contributed by atoms with Crippen molar-refractivity contribution in [1.82, 2.24) is 4.98 Å². The maximum atomic E-state index is 12.1. The number of hydrogen-bond acceptors (Lipinski definition) is 2. The van der Waals surface area contributed by atoms with E-state index in [4.69, 9.17) is 0 Å². The number of amides is 1. The fourth-order valence-electron chi connectivity index (χ4n) is 1.87. The van der Waals surface area contributed by atoms with Crippen LogP contribution in [0.4, 0.5) is 5.69 Å². The highest BCUT2D eigenvalue weighted by molar-refractivity contribution is 9.10. The van der Waals surface area contributed by atoms with Gasteiger partial charge in [-0.25, -0.2) is 4.98 Å². The van der Waals surface area contributed by atoms with Crippen molar-refractivity contribution >= 4 is 27.5 Å². The second-order valence-electron chi connectivity index (χ2n) is 4.72. The minimum absolute atomic E-state index is 0.214. The SMILES string of the molecule is CCC(C)c1ccc(NC(=O)c2ncccc2Br)cc1. The Balaban J connectivity index is 2.11. The highest BCUT2D eigenvalue weighted by atomic mass is 79.9. The standard InChI is InChI=1S/C16H17BrN2O/c1-3-11(2)12-6-8-13(9-7-12)19-16(20)15-14(17)5-4-10-18-15/h4-11H,3H2,1-2H3,(H,19,20). The van der Waals surface area contributed by atoms with Gasteiger partial charge in [-0.3, -0.25) is 4.79 Å². The van der Waals surface area contributed by atoms with E-state index in [9.17, 15) is 4.79 Å². The lowest BCUT2D eigenvalue weighted by atomic mass is 9.99. The lowest BCUT2D eigenvalue weighted by Crippen LogP contribution is -2.14. The van der Waals surface area contributed by atoms with Crippen LogP contribution in [-0.2, 0) is 0 Å². The van der Waals surface area contributed by atoms with Crippen molar-refractivity contribution in [3.05, 3.63) is 58.3 Å². The van der Waals surface area contributed by atoms with Crippen molar-refractivity contribution in [3.63, 3.8) is 0 Å². The average molecular weight is 333 g/mol. The highest BCUT2D eigenvalue weighted by Gasteiger charge is 2.11. The third-order valence-corrected chi connectivity index (χ3v) is 3.96. The molecule has 4 heteroatoms. The summed E-state index contributed by atoms with van der Waals surface area (Å²) in [5, 5.41) is 2.85. The van der Waals surface area contributed by atoms with E-state index >= 15 is 0 Å². The number of rotatable bonds is 4. The van der Waals surface area contributed by atoms with Crippen LogP contribution in [0.3, 0.4) is 0 Å². The summed E-state index contributed by atoms with van der Waals surface area (Å²) in [6, 6.07) is 11.5. The summed E-state index contributed by atoms with van der Waals surface area (Å²) in [5.41, 5.74) is 2.45. The number of aromatic nitrogens is 1. The molecule has 0 saturated carbocycles. The monoisotopic (exact) mass is 332 g/mol. The molecule has 20 heavy (non-hydrogen) atoms. The molecule has 3 nitrogen and oxygen atoms in total. The maximum absolute atomic E-state index is 12.1. The molecule has 0 saturated heterocycles. The maximum Gasteiger partial charge on any atom is 0.275 e. The smallest absolute Gasteiger partial charge is 0.275 e. The first-order chi connectivity index (χ1) is 9.61. The van der Waals surface area contributed by atoms with Crippen LogP contribution < -0.4 is 5.32 Å². The molecule has 0 bridgehead atoms. The Bertz CT molecular complexity index is 596. The number of nitrogens with one attached hydrogen (secondary N) is 1. The Hall–Kier alpha value is -1.68. The Morgan fingerprint density at radius 1 is 1.30 bits per heavy atom. The van der Waals surface area contributed by atoms with Crippen LogP contribution in [0, 0.1) is 0 Å². The Labute approximate surface area is 127 Å². The number of carbonyl (C=O) groups excluding carboxylic acids is 1. The molecule has 2 aromatic rings. The van der Waals surface area contributed by atoms with Gasteiger partial charge >= 0.3 is 0 Å². The molecule has 1 N–H and O–H groups in total. The van der Waals surface area contributed by atoms with Gasteiger partial charge in [0, 0.05) is 16.4 Å². The molecule has 0 aliphatic heterocycles. The molecule has 1 heterocycles. The van der Waals surface area contributed by atoms with E-state index in [1.165, 1.54) is 5.56 Å². The zero-order chi connectivity index (χ0) is 14.5. The molecule has 0 spiro atoms. The van der Waals surface area contributed by atoms with Gasteiger partial charge in [0.1, 0.15) is 5.69 Å². The predicted octanol–water partition coefficient (Wildman–Crippen LogP) is 4.61. The van der Waals surface area contributed by atoms with Crippen LogP contribution in [0.25, 0.3) is 0 Å². The van der Waals surface area contributed by atoms with Gasteiger partial charge < -0.3 is 5.32 Å². The normalized spacial score (nSPS) is 11.9. The average Bonchev–Trinajstić information content (AvgIpc) is 2.47. The second kappa shape index (κ2) is 6.66. The van der Waals surface area contributed by atoms with E-state index < -0.39 is 0 Å². The molecule has 104 valence electrons. The summed E-state index contributed by atoms with van der Waals surface area (Å²) in [6.45, 7) is 4.36.